The lowest BCUT2D eigenvalue weighted by molar-refractivity contribution is 0.554. The molecule has 0 aromatic carbocycles. The van der Waals surface area contributed by atoms with Gasteiger partial charge in [0.25, 0.3) is 0 Å². The Bertz CT molecular complexity index is 349. The number of anilines is 2. The molecule has 0 aliphatic heterocycles. The van der Waals surface area contributed by atoms with Crippen LogP contribution in [0.25, 0.3) is 0 Å². The molecule has 0 spiro atoms. The topological polar surface area (TPSA) is 58.3 Å². The van der Waals surface area contributed by atoms with Gasteiger partial charge in [0.1, 0.15) is 5.82 Å². The number of hydrogen-bond acceptors (Lipinski definition) is 5. The first kappa shape index (κ1) is 14.7. The second-order valence-corrected chi connectivity index (χ2v) is 4.56. The molecule has 18 heavy (non-hydrogen) atoms. The predicted octanol–water partition coefficient (Wildman–Crippen LogP) is 1.50. The van der Waals surface area contributed by atoms with Gasteiger partial charge in [-0.2, -0.15) is 4.98 Å². The molecule has 102 valence electrons. The summed E-state index contributed by atoms with van der Waals surface area (Å²) in [6.45, 7) is 5.87. The fourth-order valence-electron chi connectivity index (χ4n) is 2.07. The van der Waals surface area contributed by atoms with Crippen molar-refractivity contribution in [3.8, 4) is 0 Å². The van der Waals surface area contributed by atoms with Gasteiger partial charge < -0.3 is 15.5 Å². The van der Waals surface area contributed by atoms with Crippen LogP contribution >= 0.6 is 0 Å². The lowest BCUT2D eigenvalue weighted by atomic mass is 10.1. The van der Waals surface area contributed by atoms with E-state index in [1.54, 1.807) is 0 Å². The molecule has 1 heterocycles. The zero-order chi connectivity index (χ0) is 13.5. The molecule has 5 nitrogen and oxygen atoms in total. The molecule has 0 atom stereocenters. The first-order valence-corrected chi connectivity index (χ1v) is 6.61. The van der Waals surface area contributed by atoms with E-state index in [1.807, 2.05) is 31.3 Å². The van der Waals surface area contributed by atoms with Crippen LogP contribution < -0.4 is 15.5 Å². The lowest BCUT2D eigenvalue weighted by Gasteiger charge is -2.31. The molecule has 5 heteroatoms. The molecule has 1 aromatic rings. The minimum absolute atomic E-state index is 0.485. The minimum atomic E-state index is 0.485. The molecule has 1 aromatic heterocycles. The van der Waals surface area contributed by atoms with E-state index in [2.05, 4.69) is 28.7 Å². The highest BCUT2D eigenvalue weighted by molar-refractivity contribution is 5.44. The van der Waals surface area contributed by atoms with E-state index in [9.17, 15) is 0 Å². The number of hydrogen-bond donors (Lipinski definition) is 1. The summed E-state index contributed by atoms with van der Waals surface area (Å²) < 4.78 is 0. The third-order valence-electron chi connectivity index (χ3n) is 3.08. The highest BCUT2D eigenvalue weighted by atomic mass is 15.3. The summed E-state index contributed by atoms with van der Waals surface area (Å²) in [6.07, 6.45) is 4.00. The molecule has 0 unspecified atom stereocenters. The number of nitrogens with zero attached hydrogens (tertiary/aromatic N) is 4. The van der Waals surface area contributed by atoms with Crippen LogP contribution in [0.5, 0.6) is 0 Å². The van der Waals surface area contributed by atoms with Crippen molar-refractivity contribution in [2.45, 2.75) is 32.7 Å². The smallest absolute Gasteiger partial charge is 0.226 e. The van der Waals surface area contributed by atoms with E-state index in [4.69, 9.17) is 5.73 Å². The van der Waals surface area contributed by atoms with Gasteiger partial charge in [-0.3, -0.25) is 0 Å². The molecule has 0 radical (unpaired) electrons. The Hall–Kier alpha value is -1.36. The standard InChI is InChI=1S/C13H25N5/c1-5-11(6-2)18(10-8-14)12-7-9-15-13(16-12)17(3)4/h7,9,11H,5-6,8,10,14H2,1-4H3. The zero-order valence-corrected chi connectivity index (χ0v) is 11.9. The van der Waals surface area contributed by atoms with Crippen LogP contribution in [-0.2, 0) is 0 Å². The van der Waals surface area contributed by atoms with E-state index in [0.29, 0.717) is 12.6 Å². The van der Waals surface area contributed by atoms with Crippen molar-refractivity contribution in [3.63, 3.8) is 0 Å². The van der Waals surface area contributed by atoms with Crippen LogP contribution in [0.4, 0.5) is 11.8 Å². The van der Waals surface area contributed by atoms with E-state index in [1.165, 1.54) is 0 Å². The highest BCUT2D eigenvalue weighted by Gasteiger charge is 2.16. The normalized spacial score (nSPS) is 10.8. The molecule has 0 saturated heterocycles. The maximum atomic E-state index is 5.72. The summed E-state index contributed by atoms with van der Waals surface area (Å²) in [7, 11) is 3.90. The number of rotatable bonds is 7. The highest BCUT2D eigenvalue weighted by Crippen LogP contribution is 2.19. The van der Waals surface area contributed by atoms with Gasteiger partial charge in [0.05, 0.1) is 0 Å². The number of nitrogens with two attached hydrogens (primary N) is 1. The van der Waals surface area contributed by atoms with Crippen LogP contribution in [0.1, 0.15) is 26.7 Å². The first-order chi connectivity index (χ1) is 8.63. The number of aromatic nitrogens is 2. The summed E-state index contributed by atoms with van der Waals surface area (Å²) in [5.41, 5.74) is 5.72. The average Bonchev–Trinajstić information content (AvgIpc) is 2.39. The van der Waals surface area contributed by atoms with Crippen LogP contribution in [0, 0.1) is 0 Å². The Morgan fingerprint density at radius 3 is 2.44 bits per heavy atom. The van der Waals surface area contributed by atoms with Gasteiger partial charge in [-0.05, 0) is 18.9 Å². The maximum Gasteiger partial charge on any atom is 0.226 e. The van der Waals surface area contributed by atoms with E-state index in [0.717, 1.165) is 31.2 Å². The maximum absolute atomic E-state index is 5.72. The molecular formula is C13H25N5. The SMILES string of the molecule is CCC(CC)N(CCN)c1ccnc(N(C)C)n1. The zero-order valence-electron chi connectivity index (χ0n) is 11.9. The molecular weight excluding hydrogens is 226 g/mol. The molecule has 1 rings (SSSR count). The minimum Gasteiger partial charge on any atom is -0.352 e. The fourth-order valence-corrected chi connectivity index (χ4v) is 2.07. The van der Waals surface area contributed by atoms with Gasteiger partial charge in [0.2, 0.25) is 5.95 Å². The van der Waals surface area contributed by atoms with Gasteiger partial charge in [0.15, 0.2) is 0 Å². The molecule has 0 aliphatic rings. The van der Waals surface area contributed by atoms with Crippen molar-refractivity contribution in [1.82, 2.24) is 9.97 Å². The summed E-state index contributed by atoms with van der Waals surface area (Å²) in [5.74, 6) is 1.70. The second kappa shape index (κ2) is 7.16. The summed E-state index contributed by atoms with van der Waals surface area (Å²) in [6, 6.07) is 2.44. The van der Waals surface area contributed by atoms with E-state index in [-0.39, 0.29) is 0 Å². The van der Waals surface area contributed by atoms with Crippen LogP contribution in [0.2, 0.25) is 0 Å². The van der Waals surface area contributed by atoms with Crippen molar-refractivity contribution in [1.29, 1.82) is 0 Å². The third kappa shape index (κ3) is 3.57. The molecule has 0 bridgehead atoms. The van der Waals surface area contributed by atoms with Gasteiger partial charge in [-0.25, -0.2) is 4.98 Å². The van der Waals surface area contributed by atoms with Crippen molar-refractivity contribution < 1.29 is 0 Å². The Balaban J connectivity index is 3.00. The molecule has 0 saturated carbocycles. The Morgan fingerprint density at radius 2 is 1.94 bits per heavy atom. The second-order valence-electron chi connectivity index (χ2n) is 4.56. The van der Waals surface area contributed by atoms with Gasteiger partial charge in [0, 0.05) is 39.4 Å². The van der Waals surface area contributed by atoms with Crippen LogP contribution in [-0.4, -0.2) is 43.2 Å². The van der Waals surface area contributed by atoms with Crippen molar-refractivity contribution >= 4 is 11.8 Å². The predicted molar refractivity (Wildman–Crippen MR) is 77.1 cm³/mol. The van der Waals surface area contributed by atoms with E-state index >= 15 is 0 Å². The molecule has 0 amide bonds. The van der Waals surface area contributed by atoms with E-state index < -0.39 is 0 Å². The van der Waals surface area contributed by atoms with Crippen molar-refractivity contribution in [2.75, 3.05) is 37.0 Å². The Labute approximate surface area is 110 Å². The quantitative estimate of drug-likeness (QED) is 0.796. The molecule has 2 N–H and O–H groups in total. The molecule has 0 fully saturated rings. The summed E-state index contributed by atoms with van der Waals surface area (Å²) in [5, 5.41) is 0. The first-order valence-electron chi connectivity index (χ1n) is 6.61. The van der Waals surface area contributed by atoms with Crippen LogP contribution in [0.15, 0.2) is 12.3 Å². The largest absolute Gasteiger partial charge is 0.352 e. The van der Waals surface area contributed by atoms with Gasteiger partial charge in [-0.15, -0.1) is 0 Å². The fraction of sp³-hybridized carbons (Fsp3) is 0.692. The summed E-state index contributed by atoms with van der Waals surface area (Å²) >= 11 is 0. The van der Waals surface area contributed by atoms with Crippen molar-refractivity contribution in [3.05, 3.63) is 12.3 Å². The van der Waals surface area contributed by atoms with Crippen molar-refractivity contribution in [2.24, 2.45) is 5.73 Å². The van der Waals surface area contributed by atoms with Crippen LogP contribution in [0.3, 0.4) is 0 Å². The van der Waals surface area contributed by atoms with Gasteiger partial charge in [-0.1, -0.05) is 13.8 Å². The third-order valence-corrected chi connectivity index (χ3v) is 3.08. The van der Waals surface area contributed by atoms with Gasteiger partial charge >= 0.3 is 0 Å². The monoisotopic (exact) mass is 251 g/mol. The average molecular weight is 251 g/mol. The Kier molecular flexibility index (Phi) is 5.85. The molecule has 0 aliphatic carbocycles. The Morgan fingerprint density at radius 1 is 1.28 bits per heavy atom. The summed E-state index contributed by atoms with van der Waals surface area (Å²) in [4.78, 5) is 13.0. The lowest BCUT2D eigenvalue weighted by Crippen LogP contribution is -2.39.